The molecule has 0 atom stereocenters. The second-order valence-electron chi connectivity index (χ2n) is 3.18. The van der Waals surface area contributed by atoms with Crippen molar-refractivity contribution in [3.63, 3.8) is 0 Å². The van der Waals surface area contributed by atoms with E-state index in [1.165, 1.54) is 0 Å². The molecule has 11 heavy (non-hydrogen) atoms. The summed E-state index contributed by atoms with van der Waals surface area (Å²) in [5, 5.41) is 8.62. The number of hydrogen-bond acceptors (Lipinski definition) is 2. The maximum Gasteiger partial charge on any atom is 0.0655 e. The van der Waals surface area contributed by atoms with E-state index in [2.05, 4.69) is 10.9 Å². The molecule has 0 aromatic rings. The lowest BCUT2D eigenvalue weighted by Crippen LogP contribution is -2.21. The summed E-state index contributed by atoms with van der Waals surface area (Å²) in [5.41, 5.74) is 0. The number of nitrogens with zero attached hydrogens (tertiary/aromatic N) is 1. The normalized spacial score (nSPS) is 31.3. The molecule has 0 aromatic heterocycles. The Morgan fingerprint density at radius 3 is 2.45 bits per heavy atom. The first kappa shape index (κ1) is 8.83. The lowest BCUT2D eigenvalue weighted by molar-refractivity contribution is 0.316. The molecule has 0 heterocycles. The fourth-order valence-electron chi connectivity index (χ4n) is 1.60. The van der Waals surface area contributed by atoms with Gasteiger partial charge in [0.05, 0.1) is 6.07 Å². The second-order valence-corrected chi connectivity index (χ2v) is 3.45. The van der Waals surface area contributed by atoms with E-state index in [9.17, 15) is 0 Å². The number of nitrogens with one attached hydrogen (secondary N) is 1. The second kappa shape index (κ2) is 4.58. The molecule has 0 aliphatic heterocycles. The average molecular weight is 173 g/mol. The van der Waals surface area contributed by atoms with Crippen molar-refractivity contribution in [2.24, 2.45) is 11.8 Å². The summed E-state index contributed by atoms with van der Waals surface area (Å²) in [6.07, 6.45) is 4.41. The van der Waals surface area contributed by atoms with Gasteiger partial charge in [0, 0.05) is 12.5 Å². The van der Waals surface area contributed by atoms with Gasteiger partial charge in [0.2, 0.25) is 0 Å². The van der Waals surface area contributed by atoms with Crippen LogP contribution in [0, 0.1) is 23.2 Å². The summed E-state index contributed by atoms with van der Waals surface area (Å²) >= 11 is 5.39. The molecule has 0 spiro atoms. The van der Waals surface area contributed by atoms with Gasteiger partial charge in [0.25, 0.3) is 0 Å². The molecular formula is C8H13ClN2. The molecule has 0 saturated heterocycles. The molecule has 0 bridgehead atoms. The van der Waals surface area contributed by atoms with Crippen LogP contribution in [0.2, 0.25) is 0 Å². The van der Waals surface area contributed by atoms with Crippen molar-refractivity contribution in [2.45, 2.75) is 25.7 Å². The number of rotatable bonds is 2. The van der Waals surface area contributed by atoms with Crippen LogP contribution in [-0.2, 0) is 0 Å². The molecule has 1 aliphatic rings. The van der Waals surface area contributed by atoms with Crippen molar-refractivity contribution < 1.29 is 0 Å². The summed E-state index contributed by atoms with van der Waals surface area (Å²) < 4.78 is 0. The van der Waals surface area contributed by atoms with Crippen molar-refractivity contribution in [1.82, 2.24) is 4.84 Å². The predicted molar refractivity (Wildman–Crippen MR) is 44.9 cm³/mol. The van der Waals surface area contributed by atoms with Crippen molar-refractivity contribution in [1.29, 1.82) is 5.26 Å². The van der Waals surface area contributed by atoms with E-state index in [4.69, 9.17) is 17.0 Å². The minimum Gasteiger partial charge on any atom is -0.233 e. The average Bonchev–Trinajstić information content (AvgIpc) is 2.07. The predicted octanol–water partition coefficient (Wildman–Crippen LogP) is 2.06. The van der Waals surface area contributed by atoms with Crippen LogP contribution in [0.3, 0.4) is 0 Å². The molecule has 0 unspecified atom stereocenters. The lowest BCUT2D eigenvalue weighted by atomic mass is 9.83. The lowest BCUT2D eigenvalue weighted by Gasteiger charge is -2.23. The van der Waals surface area contributed by atoms with Crippen LogP contribution < -0.4 is 4.84 Å². The van der Waals surface area contributed by atoms with E-state index < -0.39 is 0 Å². The van der Waals surface area contributed by atoms with Crippen molar-refractivity contribution in [2.75, 3.05) is 6.54 Å². The van der Waals surface area contributed by atoms with E-state index in [1.807, 2.05) is 0 Å². The maximum absolute atomic E-state index is 8.62. The highest BCUT2D eigenvalue weighted by Crippen LogP contribution is 2.27. The summed E-state index contributed by atoms with van der Waals surface area (Å²) in [5.74, 6) is 0.999. The van der Waals surface area contributed by atoms with Crippen LogP contribution in [0.1, 0.15) is 25.7 Å². The van der Waals surface area contributed by atoms with Crippen LogP contribution in [0.4, 0.5) is 0 Å². The summed E-state index contributed by atoms with van der Waals surface area (Å²) in [4.78, 5) is 2.66. The van der Waals surface area contributed by atoms with Gasteiger partial charge in [-0.1, -0.05) is 0 Å². The Bertz CT molecular complexity index is 145. The van der Waals surface area contributed by atoms with Gasteiger partial charge in [-0.05, 0) is 43.4 Å². The molecule has 1 rings (SSSR count). The van der Waals surface area contributed by atoms with Gasteiger partial charge in [-0.25, -0.2) is 4.84 Å². The van der Waals surface area contributed by atoms with Gasteiger partial charge in [0.1, 0.15) is 0 Å². The minimum atomic E-state index is 0.307. The van der Waals surface area contributed by atoms with Crippen molar-refractivity contribution in [3.05, 3.63) is 0 Å². The van der Waals surface area contributed by atoms with Gasteiger partial charge >= 0.3 is 0 Å². The molecule has 1 saturated carbocycles. The monoisotopic (exact) mass is 172 g/mol. The number of hydrogen-bond donors (Lipinski definition) is 1. The SMILES string of the molecule is N#CC1CCC(CNCl)CC1. The molecular weight excluding hydrogens is 160 g/mol. The topological polar surface area (TPSA) is 35.8 Å². The molecule has 62 valence electrons. The van der Waals surface area contributed by atoms with Crippen molar-refractivity contribution >= 4 is 11.8 Å². The summed E-state index contributed by atoms with van der Waals surface area (Å²) in [6, 6.07) is 2.31. The molecule has 3 heteroatoms. The minimum absolute atomic E-state index is 0.307. The fraction of sp³-hybridized carbons (Fsp3) is 0.875. The molecule has 0 radical (unpaired) electrons. The Balaban J connectivity index is 2.20. The van der Waals surface area contributed by atoms with E-state index in [-0.39, 0.29) is 0 Å². The summed E-state index contributed by atoms with van der Waals surface area (Å²) in [7, 11) is 0. The zero-order valence-corrected chi connectivity index (χ0v) is 7.27. The van der Waals surface area contributed by atoms with Crippen LogP contribution in [0.15, 0.2) is 0 Å². The molecule has 1 fully saturated rings. The molecule has 1 N–H and O–H groups in total. The number of halogens is 1. The molecule has 1 aliphatic carbocycles. The van der Waals surface area contributed by atoms with E-state index in [0.29, 0.717) is 11.8 Å². The van der Waals surface area contributed by atoms with E-state index in [1.54, 1.807) is 0 Å². The highest BCUT2D eigenvalue weighted by molar-refractivity contribution is 6.13. The van der Waals surface area contributed by atoms with Crippen LogP contribution in [-0.4, -0.2) is 6.54 Å². The Morgan fingerprint density at radius 1 is 1.36 bits per heavy atom. The van der Waals surface area contributed by atoms with Gasteiger partial charge in [-0.3, -0.25) is 0 Å². The first-order valence-electron chi connectivity index (χ1n) is 4.10. The Kier molecular flexibility index (Phi) is 3.68. The third kappa shape index (κ3) is 2.69. The van der Waals surface area contributed by atoms with Crippen LogP contribution >= 0.6 is 11.8 Å². The van der Waals surface area contributed by atoms with Crippen LogP contribution in [0.25, 0.3) is 0 Å². The van der Waals surface area contributed by atoms with Gasteiger partial charge in [-0.2, -0.15) is 5.26 Å². The smallest absolute Gasteiger partial charge is 0.0655 e. The molecule has 2 nitrogen and oxygen atoms in total. The standard InChI is InChI=1S/C8H13ClN2/c9-11-6-8-3-1-7(5-10)2-4-8/h7-8,11H,1-4,6H2. The quantitative estimate of drug-likeness (QED) is 0.648. The fourth-order valence-corrected chi connectivity index (χ4v) is 1.82. The van der Waals surface area contributed by atoms with Crippen LogP contribution in [0.5, 0.6) is 0 Å². The third-order valence-electron chi connectivity index (χ3n) is 2.40. The number of nitriles is 1. The molecule has 0 amide bonds. The van der Waals surface area contributed by atoms with Gasteiger partial charge in [-0.15, -0.1) is 0 Å². The Hall–Kier alpha value is -0.260. The van der Waals surface area contributed by atoms with E-state index in [0.717, 1.165) is 32.2 Å². The molecule has 0 aromatic carbocycles. The zero-order valence-electron chi connectivity index (χ0n) is 6.52. The van der Waals surface area contributed by atoms with E-state index >= 15 is 0 Å². The van der Waals surface area contributed by atoms with Gasteiger partial charge < -0.3 is 0 Å². The highest BCUT2D eigenvalue weighted by atomic mass is 35.5. The van der Waals surface area contributed by atoms with Gasteiger partial charge in [0.15, 0.2) is 0 Å². The largest absolute Gasteiger partial charge is 0.233 e. The highest BCUT2D eigenvalue weighted by Gasteiger charge is 2.19. The van der Waals surface area contributed by atoms with Crippen molar-refractivity contribution in [3.8, 4) is 6.07 Å². The maximum atomic E-state index is 8.62. The third-order valence-corrected chi connectivity index (χ3v) is 2.55. The first-order chi connectivity index (χ1) is 5.36. The summed E-state index contributed by atoms with van der Waals surface area (Å²) in [6.45, 7) is 0.889. The Morgan fingerprint density at radius 2 is 2.00 bits per heavy atom. The Labute approximate surface area is 72.6 Å². The zero-order chi connectivity index (χ0) is 8.10. The first-order valence-corrected chi connectivity index (χ1v) is 4.47.